The Labute approximate surface area is 162 Å². The zero-order valence-corrected chi connectivity index (χ0v) is 17.2. The smallest absolute Gasteiger partial charge is 0.305 e. The second-order valence-corrected chi connectivity index (χ2v) is 9.55. The molecule has 0 bridgehead atoms. The fourth-order valence-corrected chi connectivity index (χ4v) is 6.66. The van der Waals surface area contributed by atoms with Gasteiger partial charge in [0, 0.05) is 25.2 Å². The van der Waals surface area contributed by atoms with Gasteiger partial charge < -0.3 is 9.47 Å². The van der Waals surface area contributed by atoms with Gasteiger partial charge in [0.2, 0.25) is 0 Å². The van der Waals surface area contributed by atoms with Crippen LogP contribution in [-0.4, -0.2) is 30.9 Å². The van der Waals surface area contributed by atoms with E-state index >= 15 is 0 Å². The molecule has 6 atom stereocenters. The van der Waals surface area contributed by atoms with E-state index in [-0.39, 0.29) is 28.9 Å². The van der Waals surface area contributed by atoms with E-state index in [0.29, 0.717) is 36.4 Å². The Kier molecular flexibility index (Phi) is 5.69. The molecule has 0 heterocycles. The zero-order valence-electron chi connectivity index (χ0n) is 17.2. The molecule has 5 heteroatoms. The highest BCUT2D eigenvalue weighted by molar-refractivity contribution is 5.87. The summed E-state index contributed by atoms with van der Waals surface area (Å²) in [5.74, 6) is 1.40. The minimum Gasteiger partial charge on any atom is -0.469 e. The molecule has 6 unspecified atom stereocenters. The van der Waals surface area contributed by atoms with Crippen LogP contribution in [0.3, 0.4) is 0 Å². The summed E-state index contributed by atoms with van der Waals surface area (Å²) in [4.78, 5) is 35.7. The molecule has 0 aromatic heterocycles. The Balaban J connectivity index is 1.81. The summed E-state index contributed by atoms with van der Waals surface area (Å²) in [7, 11) is 1.43. The molecule has 3 rings (SSSR count). The van der Waals surface area contributed by atoms with Crippen LogP contribution in [-0.2, 0) is 23.9 Å². The highest BCUT2D eigenvalue weighted by Gasteiger charge is 2.59. The summed E-state index contributed by atoms with van der Waals surface area (Å²) in [6.07, 6.45) is 7.51. The molecule has 0 amide bonds. The maximum Gasteiger partial charge on any atom is 0.305 e. The molecule has 0 N–H and O–H groups in total. The minimum atomic E-state index is -0.226. The van der Waals surface area contributed by atoms with Crippen molar-refractivity contribution in [3.8, 4) is 0 Å². The molecule has 0 aromatic carbocycles. The molecule has 152 valence electrons. The number of ketones is 1. The van der Waals surface area contributed by atoms with E-state index in [1.165, 1.54) is 14.0 Å². The van der Waals surface area contributed by atoms with Crippen LogP contribution in [0.4, 0.5) is 0 Å². The molecule has 3 saturated carbocycles. The standard InChI is InChI=1S/C22H34O5/c1-14(23)27-15-12-16-17(9-11-22(3)18(16)7-8-19(22)24)21(2,13-15)10-5-6-20(25)26-4/h15-18H,5-13H2,1-4H3. The van der Waals surface area contributed by atoms with Gasteiger partial charge in [0.05, 0.1) is 7.11 Å². The number of hydrogen-bond acceptors (Lipinski definition) is 5. The van der Waals surface area contributed by atoms with Gasteiger partial charge in [-0.05, 0) is 68.1 Å². The Morgan fingerprint density at radius 2 is 1.93 bits per heavy atom. The van der Waals surface area contributed by atoms with Crippen molar-refractivity contribution in [2.45, 2.75) is 84.7 Å². The van der Waals surface area contributed by atoms with Crippen LogP contribution in [0, 0.1) is 28.6 Å². The number of Topliss-reactive ketones (excluding diaryl/α,β-unsaturated/α-hetero) is 1. The van der Waals surface area contributed by atoms with Crippen LogP contribution in [0.25, 0.3) is 0 Å². The van der Waals surface area contributed by atoms with Crippen LogP contribution < -0.4 is 0 Å². The summed E-state index contributed by atoms with van der Waals surface area (Å²) < 4.78 is 10.5. The monoisotopic (exact) mass is 378 g/mol. The van der Waals surface area contributed by atoms with Crippen molar-refractivity contribution in [3.63, 3.8) is 0 Å². The van der Waals surface area contributed by atoms with Crippen molar-refractivity contribution < 1.29 is 23.9 Å². The topological polar surface area (TPSA) is 69.7 Å². The summed E-state index contributed by atoms with van der Waals surface area (Å²) in [5, 5.41) is 0. The van der Waals surface area contributed by atoms with E-state index < -0.39 is 0 Å². The Hall–Kier alpha value is -1.39. The Morgan fingerprint density at radius 3 is 2.59 bits per heavy atom. The number of hydrogen-bond donors (Lipinski definition) is 0. The predicted octanol–water partition coefficient (Wildman–Crippen LogP) is 4.07. The SMILES string of the molecule is COC(=O)CCCC1(C)CC(OC(C)=O)CC2C1CCC1(C)C(=O)CCC21. The first kappa shape index (κ1) is 20.3. The van der Waals surface area contributed by atoms with Gasteiger partial charge >= 0.3 is 11.9 Å². The number of rotatable bonds is 5. The van der Waals surface area contributed by atoms with Crippen molar-refractivity contribution in [2.24, 2.45) is 28.6 Å². The van der Waals surface area contributed by atoms with Gasteiger partial charge in [-0.3, -0.25) is 14.4 Å². The minimum absolute atomic E-state index is 0.0318. The summed E-state index contributed by atoms with van der Waals surface area (Å²) >= 11 is 0. The second kappa shape index (κ2) is 7.56. The van der Waals surface area contributed by atoms with E-state index in [9.17, 15) is 14.4 Å². The molecule has 0 radical (unpaired) electrons. The quantitative estimate of drug-likeness (QED) is 0.675. The van der Waals surface area contributed by atoms with E-state index in [4.69, 9.17) is 9.47 Å². The molecule has 3 fully saturated rings. The van der Waals surface area contributed by atoms with E-state index in [1.807, 2.05) is 0 Å². The van der Waals surface area contributed by atoms with Gasteiger partial charge in [-0.25, -0.2) is 0 Å². The maximum atomic E-state index is 12.6. The van der Waals surface area contributed by atoms with Crippen molar-refractivity contribution in [3.05, 3.63) is 0 Å². The van der Waals surface area contributed by atoms with Crippen LogP contribution in [0.5, 0.6) is 0 Å². The van der Waals surface area contributed by atoms with Crippen LogP contribution in [0.15, 0.2) is 0 Å². The van der Waals surface area contributed by atoms with Gasteiger partial charge in [0.1, 0.15) is 11.9 Å². The van der Waals surface area contributed by atoms with Crippen molar-refractivity contribution in [1.29, 1.82) is 0 Å². The Bertz CT molecular complexity index is 614. The lowest BCUT2D eigenvalue weighted by molar-refractivity contribution is -0.162. The molecule has 0 aromatic rings. The van der Waals surface area contributed by atoms with Crippen LogP contribution in [0.2, 0.25) is 0 Å². The first-order valence-corrected chi connectivity index (χ1v) is 10.5. The number of ether oxygens (including phenoxy) is 2. The van der Waals surface area contributed by atoms with Gasteiger partial charge in [0.15, 0.2) is 0 Å². The predicted molar refractivity (Wildman–Crippen MR) is 101 cm³/mol. The number of carbonyl (C=O) groups is 3. The van der Waals surface area contributed by atoms with Crippen molar-refractivity contribution in [1.82, 2.24) is 0 Å². The molecular weight excluding hydrogens is 344 g/mol. The summed E-state index contributed by atoms with van der Waals surface area (Å²) in [6, 6.07) is 0. The normalized spacial score (nSPS) is 40.8. The molecule has 0 spiro atoms. The van der Waals surface area contributed by atoms with Gasteiger partial charge in [-0.2, -0.15) is 0 Å². The fourth-order valence-electron chi connectivity index (χ4n) is 6.66. The number of fused-ring (bicyclic) bond motifs is 3. The molecule has 0 saturated heterocycles. The number of esters is 2. The molecule has 0 aliphatic heterocycles. The zero-order chi connectivity index (χ0) is 19.8. The summed E-state index contributed by atoms with van der Waals surface area (Å²) in [6.45, 7) is 5.94. The van der Waals surface area contributed by atoms with Gasteiger partial charge in [0.25, 0.3) is 0 Å². The van der Waals surface area contributed by atoms with Gasteiger partial charge in [-0.15, -0.1) is 0 Å². The maximum absolute atomic E-state index is 12.6. The first-order chi connectivity index (χ1) is 12.7. The Morgan fingerprint density at radius 1 is 1.19 bits per heavy atom. The highest BCUT2D eigenvalue weighted by atomic mass is 16.5. The molecular formula is C22H34O5. The lowest BCUT2D eigenvalue weighted by Crippen LogP contribution is -2.52. The molecule has 5 nitrogen and oxygen atoms in total. The second-order valence-electron chi connectivity index (χ2n) is 9.55. The number of carbonyl (C=O) groups excluding carboxylic acids is 3. The fraction of sp³-hybridized carbons (Fsp3) is 0.864. The van der Waals surface area contributed by atoms with Crippen molar-refractivity contribution in [2.75, 3.05) is 7.11 Å². The first-order valence-electron chi connectivity index (χ1n) is 10.5. The van der Waals surface area contributed by atoms with E-state index in [2.05, 4.69) is 13.8 Å². The lowest BCUT2D eigenvalue weighted by Gasteiger charge is -2.56. The average Bonchev–Trinajstić information content (AvgIpc) is 2.89. The van der Waals surface area contributed by atoms with Crippen LogP contribution in [0.1, 0.15) is 78.6 Å². The van der Waals surface area contributed by atoms with Crippen LogP contribution >= 0.6 is 0 Å². The van der Waals surface area contributed by atoms with Gasteiger partial charge in [-0.1, -0.05) is 13.8 Å². The molecule has 27 heavy (non-hydrogen) atoms. The third kappa shape index (κ3) is 3.79. The number of methoxy groups -OCH3 is 1. The largest absolute Gasteiger partial charge is 0.469 e. The van der Waals surface area contributed by atoms with E-state index in [1.54, 1.807) is 0 Å². The lowest BCUT2D eigenvalue weighted by atomic mass is 9.49. The van der Waals surface area contributed by atoms with E-state index in [0.717, 1.165) is 44.9 Å². The molecule has 3 aliphatic carbocycles. The third-order valence-electron chi connectivity index (χ3n) is 7.96. The van der Waals surface area contributed by atoms with Crippen molar-refractivity contribution >= 4 is 17.7 Å². The summed E-state index contributed by atoms with van der Waals surface area (Å²) in [5.41, 5.74) is -0.157. The molecule has 3 aliphatic rings. The third-order valence-corrected chi connectivity index (χ3v) is 7.96. The average molecular weight is 379 g/mol. The highest BCUT2D eigenvalue weighted by Crippen LogP contribution is 2.62.